The molecule has 0 amide bonds. The van der Waals surface area contributed by atoms with Crippen molar-refractivity contribution < 1.29 is 28.6 Å². The van der Waals surface area contributed by atoms with Gasteiger partial charge in [-0.05, 0) is 30.3 Å². The van der Waals surface area contributed by atoms with Crippen LogP contribution in [0.25, 0.3) is 0 Å². The Hall–Kier alpha value is -3.67. The number of ether oxygens (including phenoxy) is 3. The lowest BCUT2D eigenvalue weighted by molar-refractivity contribution is -0.135. The van der Waals surface area contributed by atoms with Gasteiger partial charge in [0, 0.05) is 6.08 Å². The van der Waals surface area contributed by atoms with Crippen molar-refractivity contribution in [1.29, 1.82) is 0 Å². The van der Waals surface area contributed by atoms with Gasteiger partial charge in [0.1, 0.15) is 12.4 Å². The molecule has 2 aromatic rings. The zero-order chi connectivity index (χ0) is 18.4. The molecule has 0 spiro atoms. The Kier molecular flexibility index (Phi) is 5.24. The molecule has 130 valence electrons. The van der Waals surface area contributed by atoms with Gasteiger partial charge in [0.15, 0.2) is 0 Å². The molecule has 6 nitrogen and oxygen atoms in total. The minimum atomic E-state index is -0.782. The summed E-state index contributed by atoms with van der Waals surface area (Å²) in [5.74, 6) is -2.02. The minimum absolute atomic E-state index is 0.0905. The van der Waals surface area contributed by atoms with Gasteiger partial charge in [-0.3, -0.25) is 0 Å². The highest BCUT2D eigenvalue weighted by Crippen LogP contribution is 2.19. The molecule has 2 aromatic carbocycles. The first kappa shape index (κ1) is 17.2. The number of hydrogen-bond acceptors (Lipinski definition) is 6. The van der Waals surface area contributed by atoms with Gasteiger partial charge in [0.2, 0.25) is 5.76 Å². The summed E-state index contributed by atoms with van der Waals surface area (Å²) in [5, 5.41) is 0. The molecular weight excluding hydrogens is 336 g/mol. The molecule has 0 fully saturated rings. The van der Waals surface area contributed by atoms with Crippen molar-refractivity contribution in [2.75, 3.05) is 6.61 Å². The number of benzene rings is 2. The van der Waals surface area contributed by atoms with Crippen LogP contribution in [0.1, 0.15) is 20.7 Å². The monoisotopic (exact) mass is 350 g/mol. The largest absolute Gasteiger partial charge is 0.458 e. The number of rotatable bonds is 5. The second kappa shape index (κ2) is 7.94. The maximum absolute atomic E-state index is 12.0. The predicted octanol–water partition coefficient (Wildman–Crippen LogP) is 3.03. The van der Waals surface area contributed by atoms with Crippen molar-refractivity contribution >= 4 is 17.9 Å². The summed E-state index contributed by atoms with van der Waals surface area (Å²) in [6, 6.07) is 16.8. The van der Waals surface area contributed by atoms with Gasteiger partial charge in [0.05, 0.1) is 11.1 Å². The van der Waals surface area contributed by atoms with E-state index in [0.717, 1.165) is 0 Å². The Balaban J connectivity index is 1.58. The molecule has 1 aliphatic heterocycles. The molecule has 6 heteroatoms. The topological polar surface area (TPSA) is 78.9 Å². The molecule has 0 unspecified atom stereocenters. The number of carbonyl (C=O) groups is 3. The first-order valence-electron chi connectivity index (χ1n) is 7.77. The van der Waals surface area contributed by atoms with Crippen LogP contribution in [0.5, 0.6) is 0 Å². The Labute approximate surface area is 149 Å². The highest BCUT2D eigenvalue weighted by molar-refractivity contribution is 5.97. The fourth-order valence-corrected chi connectivity index (χ4v) is 2.14. The Morgan fingerprint density at radius 1 is 0.885 bits per heavy atom. The van der Waals surface area contributed by atoms with Crippen molar-refractivity contribution in [2.24, 2.45) is 0 Å². The third-order valence-corrected chi connectivity index (χ3v) is 3.41. The molecule has 3 rings (SSSR count). The van der Waals surface area contributed by atoms with E-state index < -0.39 is 17.9 Å². The van der Waals surface area contributed by atoms with Crippen LogP contribution in [0.3, 0.4) is 0 Å². The van der Waals surface area contributed by atoms with Crippen LogP contribution in [0.2, 0.25) is 0 Å². The number of hydrogen-bond donors (Lipinski definition) is 0. The molecule has 0 radical (unpaired) electrons. The van der Waals surface area contributed by atoms with Gasteiger partial charge in [-0.1, -0.05) is 36.4 Å². The van der Waals surface area contributed by atoms with Crippen LogP contribution in [0.4, 0.5) is 0 Å². The summed E-state index contributed by atoms with van der Waals surface area (Å²) in [7, 11) is 0. The molecule has 1 aliphatic rings. The van der Waals surface area contributed by atoms with Crippen molar-refractivity contribution in [3.63, 3.8) is 0 Å². The summed E-state index contributed by atoms with van der Waals surface area (Å²) in [6.45, 7) is -0.0905. The lowest BCUT2D eigenvalue weighted by Gasteiger charge is -2.02. The SMILES string of the molecule is O=C1O/C(=C/COC(=O)c2ccccc2)C=C1OC(=O)c1ccccc1. The fraction of sp³-hybridized carbons (Fsp3) is 0.0500. The first-order chi connectivity index (χ1) is 12.6. The summed E-state index contributed by atoms with van der Waals surface area (Å²) in [4.78, 5) is 35.5. The number of cyclic esters (lactones) is 1. The molecule has 0 saturated carbocycles. The maximum atomic E-state index is 12.0. The molecule has 26 heavy (non-hydrogen) atoms. The first-order valence-corrected chi connectivity index (χ1v) is 7.77. The van der Waals surface area contributed by atoms with Crippen LogP contribution < -0.4 is 0 Å². The van der Waals surface area contributed by atoms with Gasteiger partial charge in [-0.25, -0.2) is 14.4 Å². The normalized spacial score (nSPS) is 14.5. The van der Waals surface area contributed by atoms with Gasteiger partial charge in [-0.2, -0.15) is 0 Å². The summed E-state index contributed by atoms with van der Waals surface area (Å²) in [5.41, 5.74) is 0.734. The van der Waals surface area contributed by atoms with Crippen molar-refractivity contribution in [3.8, 4) is 0 Å². The molecule has 0 N–H and O–H groups in total. The summed E-state index contributed by atoms with van der Waals surface area (Å²) < 4.78 is 15.1. The van der Waals surface area contributed by atoms with Crippen molar-refractivity contribution in [2.45, 2.75) is 0 Å². The van der Waals surface area contributed by atoms with E-state index in [4.69, 9.17) is 14.2 Å². The van der Waals surface area contributed by atoms with Crippen LogP contribution in [0.15, 0.2) is 84.3 Å². The van der Waals surface area contributed by atoms with Crippen LogP contribution >= 0.6 is 0 Å². The van der Waals surface area contributed by atoms with E-state index in [0.29, 0.717) is 11.1 Å². The predicted molar refractivity (Wildman–Crippen MR) is 90.8 cm³/mol. The van der Waals surface area contributed by atoms with Crippen molar-refractivity contribution in [1.82, 2.24) is 0 Å². The number of carbonyl (C=O) groups excluding carboxylic acids is 3. The maximum Gasteiger partial charge on any atom is 0.379 e. The Morgan fingerprint density at radius 3 is 2.08 bits per heavy atom. The number of allylic oxidation sites excluding steroid dienone is 1. The van der Waals surface area contributed by atoms with Gasteiger partial charge in [0.25, 0.3) is 0 Å². The van der Waals surface area contributed by atoms with Gasteiger partial charge < -0.3 is 14.2 Å². The van der Waals surface area contributed by atoms with Crippen LogP contribution in [-0.4, -0.2) is 24.5 Å². The third kappa shape index (κ3) is 4.24. The zero-order valence-electron chi connectivity index (χ0n) is 13.6. The average Bonchev–Trinajstić information content (AvgIpc) is 3.02. The summed E-state index contributed by atoms with van der Waals surface area (Å²) >= 11 is 0. The van der Waals surface area contributed by atoms with E-state index in [1.54, 1.807) is 60.7 Å². The lowest BCUT2D eigenvalue weighted by atomic mass is 10.2. The molecule has 0 saturated heterocycles. The number of esters is 3. The Morgan fingerprint density at radius 2 is 1.46 bits per heavy atom. The zero-order valence-corrected chi connectivity index (χ0v) is 13.6. The summed E-state index contributed by atoms with van der Waals surface area (Å²) in [6.07, 6.45) is 2.68. The molecular formula is C20H14O6. The second-order valence-electron chi connectivity index (χ2n) is 5.22. The molecule has 0 aromatic heterocycles. The smallest absolute Gasteiger partial charge is 0.379 e. The minimum Gasteiger partial charge on any atom is -0.458 e. The average molecular weight is 350 g/mol. The molecule has 1 heterocycles. The van der Waals surface area contributed by atoms with Gasteiger partial charge >= 0.3 is 17.9 Å². The lowest BCUT2D eigenvalue weighted by Crippen LogP contribution is -2.09. The van der Waals surface area contributed by atoms with E-state index in [1.165, 1.54) is 12.2 Å². The van der Waals surface area contributed by atoms with E-state index in [9.17, 15) is 14.4 Å². The molecule has 0 bridgehead atoms. The van der Waals surface area contributed by atoms with Crippen LogP contribution in [-0.2, 0) is 19.0 Å². The van der Waals surface area contributed by atoms with E-state index in [2.05, 4.69) is 0 Å². The Bertz CT molecular complexity index is 881. The van der Waals surface area contributed by atoms with Crippen molar-refractivity contribution in [3.05, 3.63) is 95.5 Å². The standard InChI is InChI=1S/C20H14O6/c21-18(14-7-3-1-4-8-14)24-12-11-16-13-17(20(23)25-16)26-19(22)15-9-5-2-6-10-15/h1-11,13H,12H2/b16-11+. The van der Waals surface area contributed by atoms with E-state index in [-0.39, 0.29) is 18.1 Å². The van der Waals surface area contributed by atoms with E-state index in [1.807, 2.05) is 0 Å². The van der Waals surface area contributed by atoms with Gasteiger partial charge in [-0.15, -0.1) is 0 Å². The highest BCUT2D eigenvalue weighted by Gasteiger charge is 2.25. The highest BCUT2D eigenvalue weighted by atomic mass is 16.6. The molecule has 0 aliphatic carbocycles. The second-order valence-corrected chi connectivity index (χ2v) is 5.22. The van der Waals surface area contributed by atoms with E-state index >= 15 is 0 Å². The molecule has 0 atom stereocenters. The van der Waals surface area contributed by atoms with Crippen LogP contribution in [0, 0.1) is 0 Å². The fourth-order valence-electron chi connectivity index (χ4n) is 2.14. The third-order valence-electron chi connectivity index (χ3n) is 3.41. The quantitative estimate of drug-likeness (QED) is 0.609.